The molecule has 0 aliphatic carbocycles. The lowest BCUT2D eigenvalue weighted by Crippen LogP contribution is -2.16. The molecule has 0 fully saturated rings. The number of hydrogen-bond acceptors (Lipinski definition) is 2. The van der Waals surface area contributed by atoms with Crippen molar-refractivity contribution in [3.8, 4) is 0 Å². The Bertz CT molecular complexity index is 467. The van der Waals surface area contributed by atoms with Gasteiger partial charge in [-0.05, 0) is 24.3 Å². The molecule has 98 valence electrons. The number of anilines is 2. The van der Waals surface area contributed by atoms with Gasteiger partial charge in [-0.15, -0.1) is 0 Å². The van der Waals surface area contributed by atoms with Crippen molar-refractivity contribution < 1.29 is 18.0 Å². The van der Waals surface area contributed by atoms with E-state index in [1.165, 1.54) is 6.07 Å². The third-order valence-electron chi connectivity index (χ3n) is 2.25. The number of benzene rings is 1. The van der Waals surface area contributed by atoms with Gasteiger partial charge in [0.25, 0.3) is 0 Å². The number of halogens is 3. The molecule has 1 aromatic carbocycles. The number of rotatable bonds is 3. The van der Waals surface area contributed by atoms with Crippen LogP contribution in [0.15, 0.2) is 30.9 Å². The molecular weight excluding hydrogens is 245 g/mol. The summed E-state index contributed by atoms with van der Waals surface area (Å²) in [6.45, 7) is 3.25. The molecule has 0 spiro atoms. The normalized spacial score (nSPS) is 10.9. The van der Waals surface area contributed by atoms with Crippen LogP contribution in [0.1, 0.15) is 5.56 Å². The summed E-state index contributed by atoms with van der Waals surface area (Å²) in [5, 5.41) is 2.36. The minimum Gasteiger partial charge on any atom is -0.376 e. The Balaban J connectivity index is 3.24. The Morgan fingerprint density at radius 2 is 2.00 bits per heavy atom. The summed E-state index contributed by atoms with van der Waals surface area (Å²) >= 11 is 0. The van der Waals surface area contributed by atoms with E-state index in [1.54, 1.807) is 19.0 Å². The van der Waals surface area contributed by atoms with Gasteiger partial charge >= 0.3 is 6.18 Å². The van der Waals surface area contributed by atoms with E-state index in [-0.39, 0.29) is 5.69 Å². The SMILES string of the molecule is C=CC(=O)Nc1cc(C(F)(F)F)ccc1N(C)C. The molecule has 0 saturated carbocycles. The van der Waals surface area contributed by atoms with Gasteiger partial charge < -0.3 is 10.2 Å². The highest BCUT2D eigenvalue weighted by atomic mass is 19.4. The first-order valence-electron chi connectivity index (χ1n) is 5.07. The molecule has 18 heavy (non-hydrogen) atoms. The zero-order valence-corrected chi connectivity index (χ0v) is 10.0. The van der Waals surface area contributed by atoms with E-state index in [1.807, 2.05) is 0 Å². The second-order valence-corrected chi connectivity index (χ2v) is 3.82. The molecule has 0 heterocycles. The molecule has 1 aromatic rings. The van der Waals surface area contributed by atoms with Crippen LogP contribution in [0.25, 0.3) is 0 Å². The van der Waals surface area contributed by atoms with Crippen LogP contribution in [-0.2, 0) is 11.0 Å². The average molecular weight is 258 g/mol. The highest BCUT2D eigenvalue weighted by molar-refractivity contribution is 6.01. The van der Waals surface area contributed by atoms with Crippen LogP contribution in [0.2, 0.25) is 0 Å². The van der Waals surface area contributed by atoms with E-state index in [2.05, 4.69) is 11.9 Å². The first-order chi connectivity index (χ1) is 8.25. The van der Waals surface area contributed by atoms with E-state index in [9.17, 15) is 18.0 Å². The fourth-order valence-electron chi connectivity index (χ4n) is 1.39. The zero-order chi connectivity index (χ0) is 13.9. The molecule has 0 saturated heterocycles. The largest absolute Gasteiger partial charge is 0.416 e. The number of carbonyl (C=O) groups is 1. The molecule has 6 heteroatoms. The maximum atomic E-state index is 12.6. The Morgan fingerprint density at radius 1 is 1.39 bits per heavy atom. The summed E-state index contributed by atoms with van der Waals surface area (Å²) in [4.78, 5) is 12.8. The number of hydrogen-bond donors (Lipinski definition) is 1. The zero-order valence-electron chi connectivity index (χ0n) is 10.0. The molecule has 0 unspecified atom stereocenters. The van der Waals surface area contributed by atoms with Crippen molar-refractivity contribution in [2.45, 2.75) is 6.18 Å². The van der Waals surface area contributed by atoms with Crippen molar-refractivity contribution >= 4 is 17.3 Å². The van der Waals surface area contributed by atoms with Gasteiger partial charge in [-0.25, -0.2) is 0 Å². The van der Waals surface area contributed by atoms with E-state index in [4.69, 9.17) is 0 Å². The summed E-state index contributed by atoms with van der Waals surface area (Å²) in [6.07, 6.45) is -3.45. The van der Waals surface area contributed by atoms with Crippen LogP contribution in [0, 0.1) is 0 Å². The van der Waals surface area contributed by atoms with E-state index < -0.39 is 17.6 Å². The monoisotopic (exact) mass is 258 g/mol. The lowest BCUT2D eigenvalue weighted by Gasteiger charge is -2.19. The van der Waals surface area contributed by atoms with Gasteiger partial charge in [0, 0.05) is 14.1 Å². The predicted octanol–water partition coefficient (Wildman–Crippen LogP) is 2.90. The summed E-state index contributed by atoms with van der Waals surface area (Å²) < 4.78 is 37.7. The molecule has 0 bridgehead atoms. The molecule has 0 radical (unpaired) electrons. The van der Waals surface area contributed by atoms with Gasteiger partial charge in [-0.2, -0.15) is 13.2 Å². The summed E-state index contributed by atoms with van der Waals surface area (Å²) in [7, 11) is 3.35. The number of alkyl halides is 3. The Morgan fingerprint density at radius 3 is 2.44 bits per heavy atom. The summed E-state index contributed by atoms with van der Waals surface area (Å²) in [5.41, 5.74) is -0.231. The molecular formula is C12H13F3N2O. The summed E-state index contributed by atoms with van der Waals surface area (Å²) in [6, 6.07) is 3.18. The minimum absolute atomic E-state index is 0.0970. The van der Waals surface area contributed by atoms with Gasteiger partial charge in [0.2, 0.25) is 5.91 Å². The molecule has 3 nitrogen and oxygen atoms in total. The molecule has 1 rings (SSSR count). The van der Waals surface area contributed by atoms with E-state index in [0.717, 1.165) is 18.2 Å². The second-order valence-electron chi connectivity index (χ2n) is 3.82. The molecule has 1 N–H and O–H groups in total. The topological polar surface area (TPSA) is 32.3 Å². The van der Waals surface area contributed by atoms with Gasteiger partial charge in [-0.1, -0.05) is 6.58 Å². The highest BCUT2D eigenvalue weighted by Crippen LogP contribution is 2.34. The first kappa shape index (κ1) is 14.1. The highest BCUT2D eigenvalue weighted by Gasteiger charge is 2.31. The third kappa shape index (κ3) is 3.26. The lowest BCUT2D eigenvalue weighted by molar-refractivity contribution is -0.137. The average Bonchev–Trinajstić information content (AvgIpc) is 2.27. The predicted molar refractivity (Wildman–Crippen MR) is 64.6 cm³/mol. The molecule has 0 aliphatic rings. The van der Waals surface area contributed by atoms with Crippen molar-refractivity contribution in [1.82, 2.24) is 0 Å². The lowest BCUT2D eigenvalue weighted by atomic mass is 10.1. The van der Waals surface area contributed by atoms with Crippen molar-refractivity contribution in [1.29, 1.82) is 0 Å². The van der Waals surface area contributed by atoms with Crippen molar-refractivity contribution in [3.05, 3.63) is 36.4 Å². The molecule has 0 aliphatic heterocycles. The number of amides is 1. The Hall–Kier alpha value is -1.98. The molecule has 0 atom stereocenters. The maximum absolute atomic E-state index is 12.6. The Labute approximate surface area is 103 Å². The second kappa shape index (κ2) is 5.12. The fourth-order valence-corrected chi connectivity index (χ4v) is 1.39. The van der Waals surface area contributed by atoms with Crippen molar-refractivity contribution in [2.24, 2.45) is 0 Å². The smallest absolute Gasteiger partial charge is 0.376 e. The number of nitrogens with one attached hydrogen (secondary N) is 1. The van der Waals surface area contributed by atoms with E-state index in [0.29, 0.717) is 5.69 Å². The molecule has 1 amide bonds. The fraction of sp³-hybridized carbons (Fsp3) is 0.250. The van der Waals surface area contributed by atoms with Crippen LogP contribution in [0.5, 0.6) is 0 Å². The first-order valence-corrected chi connectivity index (χ1v) is 5.07. The minimum atomic E-state index is -4.45. The third-order valence-corrected chi connectivity index (χ3v) is 2.25. The van der Waals surface area contributed by atoms with Gasteiger partial charge in [-0.3, -0.25) is 4.79 Å². The molecule has 0 aromatic heterocycles. The van der Waals surface area contributed by atoms with E-state index >= 15 is 0 Å². The van der Waals surface area contributed by atoms with Crippen LogP contribution < -0.4 is 10.2 Å². The van der Waals surface area contributed by atoms with Crippen LogP contribution in [0.4, 0.5) is 24.5 Å². The van der Waals surface area contributed by atoms with Gasteiger partial charge in [0.1, 0.15) is 0 Å². The maximum Gasteiger partial charge on any atom is 0.416 e. The number of carbonyl (C=O) groups excluding carboxylic acids is 1. The van der Waals surface area contributed by atoms with Gasteiger partial charge in [0.15, 0.2) is 0 Å². The quantitative estimate of drug-likeness (QED) is 0.845. The standard InChI is InChI=1S/C12H13F3N2O/c1-4-11(18)16-9-7-8(12(13,14)15)5-6-10(9)17(2)3/h4-7H,1H2,2-3H3,(H,16,18). The number of nitrogens with zero attached hydrogens (tertiary/aromatic N) is 1. The van der Waals surface area contributed by atoms with Crippen molar-refractivity contribution in [3.63, 3.8) is 0 Å². The van der Waals surface area contributed by atoms with Crippen LogP contribution in [0.3, 0.4) is 0 Å². The van der Waals surface area contributed by atoms with Crippen molar-refractivity contribution in [2.75, 3.05) is 24.3 Å². The van der Waals surface area contributed by atoms with Gasteiger partial charge in [0.05, 0.1) is 16.9 Å². The summed E-state index contributed by atoms with van der Waals surface area (Å²) in [5.74, 6) is -0.558. The Kier molecular flexibility index (Phi) is 4.00. The van der Waals surface area contributed by atoms with Crippen LogP contribution in [-0.4, -0.2) is 20.0 Å². The van der Waals surface area contributed by atoms with Crippen LogP contribution >= 0.6 is 0 Å².